The Morgan fingerprint density at radius 2 is 1.85 bits per heavy atom. The van der Waals surface area contributed by atoms with E-state index in [-0.39, 0.29) is 5.91 Å². The van der Waals surface area contributed by atoms with Gasteiger partial charge in [-0.25, -0.2) is 4.99 Å². The first kappa shape index (κ1) is 18.4. The number of likely N-dealkylation sites (N-methyl/N-ethyl adjacent to an activating group) is 1. The zero-order valence-corrected chi connectivity index (χ0v) is 16.1. The fraction of sp³-hybridized carbons (Fsp3) is 0.158. The lowest BCUT2D eigenvalue weighted by Gasteiger charge is -2.07. The van der Waals surface area contributed by atoms with Gasteiger partial charge >= 0.3 is 0 Å². The third-order valence-corrected chi connectivity index (χ3v) is 5.13. The van der Waals surface area contributed by atoms with E-state index in [1.165, 1.54) is 16.7 Å². The summed E-state index contributed by atoms with van der Waals surface area (Å²) in [6.45, 7) is 0. The number of ether oxygens (including phenoxy) is 2. The maximum absolute atomic E-state index is 12.5. The zero-order valence-electron chi connectivity index (χ0n) is 14.5. The van der Waals surface area contributed by atoms with Crippen LogP contribution in [0.5, 0.6) is 11.5 Å². The van der Waals surface area contributed by atoms with Gasteiger partial charge < -0.3 is 9.47 Å². The molecule has 0 N–H and O–H groups in total. The molecule has 26 heavy (non-hydrogen) atoms. The maximum atomic E-state index is 12.5. The van der Waals surface area contributed by atoms with Gasteiger partial charge in [0.15, 0.2) is 5.17 Å². The van der Waals surface area contributed by atoms with Crippen LogP contribution in [0.4, 0.5) is 5.69 Å². The number of halogens is 1. The van der Waals surface area contributed by atoms with E-state index < -0.39 is 0 Å². The summed E-state index contributed by atoms with van der Waals surface area (Å²) in [5.41, 5.74) is 1.58. The van der Waals surface area contributed by atoms with E-state index in [0.717, 1.165) is 17.0 Å². The van der Waals surface area contributed by atoms with Crippen LogP contribution in [0.15, 0.2) is 52.4 Å². The summed E-state index contributed by atoms with van der Waals surface area (Å²) in [6, 6.07) is 12.7. The van der Waals surface area contributed by atoms with Crippen LogP contribution in [0, 0.1) is 0 Å². The maximum Gasteiger partial charge on any atom is 0.266 e. The third kappa shape index (κ3) is 3.86. The van der Waals surface area contributed by atoms with Crippen LogP contribution in [0.2, 0.25) is 5.02 Å². The van der Waals surface area contributed by atoms with Crippen molar-refractivity contribution in [3.63, 3.8) is 0 Å². The second kappa shape index (κ2) is 7.85. The number of amides is 1. The second-order valence-corrected chi connectivity index (χ2v) is 6.88. The fourth-order valence-electron chi connectivity index (χ4n) is 2.34. The molecule has 1 amide bonds. The number of thioether (sulfide) groups is 1. The minimum absolute atomic E-state index is 0.103. The second-order valence-electron chi connectivity index (χ2n) is 5.46. The molecule has 1 aliphatic rings. The van der Waals surface area contributed by atoms with Crippen LogP contribution < -0.4 is 9.47 Å². The van der Waals surface area contributed by atoms with Crippen molar-refractivity contribution in [2.24, 2.45) is 4.99 Å². The minimum Gasteiger partial charge on any atom is -0.497 e. The number of hydrogen-bond donors (Lipinski definition) is 0. The summed E-state index contributed by atoms with van der Waals surface area (Å²) < 4.78 is 10.3. The Bertz CT molecular complexity index is 894. The monoisotopic (exact) mass is 388 g/mol. The number of hydrogen-bond acceptors (Lipinski definition) is 5. The third-order valence-electron chi connectivity index (χ3n) is 3.77. The number of nitrogens with zero attached hydrogens (tertiary/aromatic N) is 2. The van der Waals surface area contributed by atoms with Gasteiger partial charge in [-0.15, -0.1) is 0 Å². The van der Waals surface area contributed by atoms with E-state index in [9.17, 15) is 4.79 Å². The van der Waals surface area contributed by atoms with E-state index in [2.05, 4.69) is 4.99 Å². The predicted octanol–water partition coefficient (Wildman–Crippen LogP) is 4.59. The average Bonchev–Trinajstić information content (AvgIpc) is 2.90. The Labute approximate surface area is 161 Å². The molecule has 0 radical (unpaired) electrons. The van der Waals surface area contributed by atoms with E-state index in [1.54, 1.807) is 39.5 Å². The van der Waals surface area contributed by atoms with Crippen LogP contribution in [-0.2, 0) is 4.79 Å². The van der Waals surface area contributed by atoms with Crippen molar-refractivity contribution in [3.8, 4) is 11.5 Å². The first-order valence-electron chi connectivity index (χ1n) is 7.75. The number of methoxy groups -OCH3 is 2. The Kier molecular flexibility index (Phi) is 5.54. The first-order chi connectivity index (χ1) is 12.5. The molecule has 0 unspecified atom stereocenters. The number of carbonyl (C=O) groups excluding carboxylic acids is 1. The van der Waals surface area contributed by atoms with Crippen molar-refractivity contribution in [3.05, 3.63) is 58.0 Å². The highest BCUT2D eigenvalue weighted by Crippen LogP contribution is 2.34. The molecule has 2 aromatic rings. The molecule has 1 aliphatic heterocycles. The van der Waals surface area contributed by atoms with Gasteiger partial charge in [0.2, 0.25) is 0 Å². The van der Waals surface area contributed by atoms with Crippen LogP contribution in [0.3, 0.4) is 0 Å². The number of carbonyl (C=O) groups is 1. The van der Waals surface area contributed by atoms with Crippen molar-refractivity contribution < 1.29 is 14.3 Å². The van der Waals surface area contributed by atoms with Crippen molar-refractivity contribution in [2.75, 3.05) is 21.3 Å². The van der Waals surface area contributed by atoms with Gasteiger partial charge in [-0.2, -0.15) is 0 Å². The summed E-state index contributed by atoms with van der Waals surface area (Å²) >= 11 is 7.47. The lowest BCUT2D eigenvalue weighted by molar-refractivity contribution is -0.121. The summed E-state index contributed by atoms with van der Waals surface area (Å²) in [4.78, 5) is 19.2. The number of rotatable bonds is 4. The lowest BCUT2D eigenvalue weighted by atomic mass is 10.2. The average molecular weight is 389 g/mol. The van der Waals surface area contributed by atoms with Crippen LogP contribution in [0.1, 0.15) is 5.56 Å². The van der Waals surface area contributed by atoms with Gasteiger partial charge in [0, 0.05) is 7.05 Å². The van der Waals surface area contributed by atoms with Gasteiger partial charge in [0.05, 0.1) is 29.8 Å². The van der Waals surface area contributed by atoms with Crippen LogP contribution >= 0.6 is 23.4 Å². The molecule has 1 heterocycles. The highest BCUT2D eigenvalue weighted by molar-refractivity contribution is 8.18. The van der Waals surface area contributed by atoms with Crippen LogP contribution in [-0.4, -0.2) is 37.2 Å². The molecule has 0 bridgehead atoms. The Morgan fingerprint density at radius 1 is 1.12 bits per heavy atom. The van der Waals surface area contributed by atoms with Crippen molar-refractivity contribution >= 4 is 46.2 Å². The normalized spacial score (nSPS) is 17.2. The summed E-state index contributed by atoms with van der Waals surface area (Å²) in [5.74, 6) is 1.25. The molecule has 134 valence electrons. The van der Waals surface area contributed by atoms with Gasteiger partial charge in [0.1, 0.15) is 11.5 Å². The molecule has 2 aromatic carbocycles. The van der Waals surface area contributed by atoms with E-state index in [1.807, 2.05) is 30.3 Å². The Hall–Kier alpha value is -2.44. The smallest absolute Gasteiger partial charge is 0.266 e. The predicted molar refractivity (Wildman–Crippen MR) is 106 cm³/mol. The molecule has 0 atom stereocenters. The number of amidine groups is 1. The Balaban J connectivity index is 1.85. The van der Waals surface area contributed by atoms with Crippen molar-refractivity contribution in [1.29, 1.82) is 0 Å². The summed E-state index contributed by atoms with van der Waals surface area (Å²) in [5, 5.41) is 1.11. The minimum atomic E-state index is -0.103. The van der Waals surface area contributed by atoms with Crippen molar-refractivity contribution in [2.45, 2.75) is 0 Å². The molecular formula is C19H17ClN2O3S. The molecule has 0 saturated carbocycles. The van der Waals surface area contributed by atoms with Gasteiger partial charge in [-0.05, 0) is 59.8 Å². The fourth-order valence-corrected chi connectivity index (χ4v) is 3.60. The quantitative estimate of drug-likeness (QED) is 0.719. The van der Waals surface area contributed by atoms with Crippen molar-refractivity contribution in [1.82, 2.24) is 4.90 Å². The summed E-state index contributed by atoms with van der Waals surface area (Å²) in [7, 11) is 4.88. The highest BCUT2D eigenvalue weighted by Gasteiger charge is 2.30. The van der Waals surface area contributed by atoms with Gasteiger partial charge in [0.25, 0.3) is 5.91 Å². The molecule has 1 fully saturated rings. The van der Waals surface area contributed by atoms with E-state index in [4.69, 9.17) is 21.1 Å². The SMILES string of the molecule is COc1ccc(N=C2SC(=Cc3ccc(OC)c(Cl)c3)C(=O)N2C)cc1. The van der Waals surface area contributed by atoms with Gasteiger partial charge in [-0.1, -0.05) is 17.7 Å². The zero-order chi connectivity index (χ0) is 18.7. The molecule has 0 spiro atoms. The standard InChI is InChI=1S/C19H17ClN2O3S/c1-22-18(23)17(11-12-4-9-16(25-3)15(20)10-12)26-19(22)21-13-5-7-14(24-2)8-6-13/h4-11H,1-3H3. The highest BCUT2D eigenvalue weighted by atomic mass is 35.5. The molecule has 0 aromatic heterocycles. The molecule has 3 rings (SSSR count). The van der Waals surface area contributed by atoms with E-state index in [0.29, 0.717) is 20.8 Å². The molecule has 5 nitrogen and oxygen atoms in total. The molecule has 7 heteroatoms. The summed E-state index contributed by atoms with van der Waals surface area (Å²) in [6.07, 6.45) is 1.80. The van der Waals surface area contributed by atoms with Crippen LogP contribution in [0.25, 0.3) is 6.08 Å². The first-order valence-corrected chi connectivity index (χ1v) is 8.95. The Morgan fingerprint density at radius 3 is 2.46 bits per heavy atom. The lowest BCUT2D eigenvalue weighted by Crippen LogP contribution is -2.23. The van der Waals surface area contributed by atoms with E-state index >= 15 is 0 Å². The largest absolute Gasteiger partial charge is 0.497 e. The number of aliphatic imine (C=N–C) groups is 1. The van der Waals surface area contributed by atoms with Gasteiger partial charge in [-0.3, -0.25) is 9.69 Å². The molecular weight excluding hydrogens is 372 g/mol. The number of benzene rings is 2. The molecule has 0 aliphatic carbocycles. The topological polar surface area (TPSA) is 51.1 Å². The molecule has 1 saturated heterocycles.